The SMILES string of the molecule is CCOCC(=O)N1CCO[C@]2(CCC[C@@H]2COCc2ccccn2)C1. The Balaban J connectivity index is 1.54. The van der Waals surface area contributed by atoms with E-state index < -0.39 is 0 Å². The smallest absolute Gasteiger partial charge is 0.248 e. The highest BCUT2D eigenvalue weighted by molar-refractivity contribution is 5.77. The van der Waals surface area contributed by atoms with Crippen LogP contribution in [0.3, 0.4) is 0 Å². The van der Waals surface area contributed by atoms with Gasteiger partial charge < -0.3 is 19.1 Å². The zero-order valence-electron chi connectivity index (χ0n) is 15.0. The minimum atomic E-state index is -0.260. The number of nitrogens with zero attached hydrogens (tertiary/aromatic N) is 2. The van der Waals surface area contributed by atoms with Crippen molar-refractivity contribution < 1.29 is 19.0 Å². The number of carbonyl (C=O) groups excluding carboxylic acids is 1. The molecule has 0 bridgehead atoms. The standard InChI is InChI=1S/C19H28N2O4/c1-2-23-14-18(22)21-10-11-25-19(15-21)8-5-6-16(19)12-24-13-17-7-3-4-9-20-17/h3-4,7,9,16H,2,5-6,8,10-15H2,1H3/t16-,19-/m1/s1. The number of morpholine rings is 1. The first-order valence-corrected chi connectivity index (χ1v) is 9.20. The Morgan fingerprint density at radius 1 is 1.44 bits per heavy atom. The number of pyridine rings is 1. The third-order valence-corrected chi connectivity index (χ3v) is 5.18. The Hall–Kier alpha value is -1.50. The van der Waals surface area contributed by atoms with Crippen LogP contribution in [-0.2, 0) is 25.6 Å². The van der Waals surface area contributed by atoms with Crippen LogP contribution >= 0.6 is 0 Å². The number of hydrogen-bond donors (Lipinski definition) is 0. The molecule has 0 N–H and O–H groups in total. The average molecular weight is 348 g/mol. The number of rotatable bonds is 7. The molecule has 3 rings (SSSR count). The second kappa shape index (κ2) is 8.74. The first-order chi connectivity index (χ1) is 12.2. The summed E-state index contributed by atoms with van der Waals surface area (Å²) in [6, 6.07) is 5.84. The van der Waals surface area contributed by atoms with Crippen molar-refractivity contribution in [2.24, 2.45) is 5.92 Å². The van der Waals surface area contributed by atoms with E-state index in [1.54, 1.807) is 6.20 Å². The molecule has 1 aliphatic heterocycles. The number of aromatic nitrogens is 1. The topological polar surface area (TPSA) is 60.9 Å². The zero-order chi connectivity index (χ0) is 17.5. The van der Waals surface area contributed by atoms with Crippen molar-refractivity contribution in [3.05, 3.63) is 30.1 Å². The van der Waals surface area contributed by atoms with Gasteiger partial charge in [0, 0.05) is 25.3 Å². The average Bonchev–Trinajstić information content (AvgIpc) is 3.02. The van der Waals surface area contributed by atoms with E-state index in [4.69, 9.17) is 14.2 Å². The molecular formula is C19H28N2O4. The first kappa shape index (κ1) is 18.3. The van der Waals surface area contributed by atoms with Crippen molar-refractivity contribution in [3.8, 4) is 0 Å². The maximum absolute atomic E-state index is 12.3. The van der Waals surface area contributed by atoms with Gasteiger partial charge in [-0.15, -0.1) is 0 Å². The molecule has 0 radical (unpaired) electrons. The Morgan fingerprint density at radius 3 is 3.16 bits per heavy atom. The van der Waals surface area contributed by atoms with Crippen molar-refractivity contribution in [2.75, 3.05) is 39.5 Å². The molecule has 6 nitrogen and oxygen atoms in total. The van der Waals surface area contributed by atoms with E-state index in [2.05, 4.69) is 4.98 Å². The summed E-state index contributed by atoms with van der Waals surface area (Å²) in [5.74, 6) is 0.378. The van der Waals surface area contributed by atoms with E-state index in [1.807, 2.05) is 30.0 Å². The zero-order valence-corrected chi connectivity index (χ0v) is 15.0. The van der Waals surface area contributed by atoms with E-state index in [-0.39, 0.29) is 18.1 Å². The molecule has 2 fully saturated rings. The maximum atomic E-state index is 12.3. The highest BCUT2D eigenvalue weighted by Crippen LogP contribution is 2.41. The van der Waals surface area contributed by atoms with Gasteiger partial charge in [-0.2, -0.15) is 0 Å². The first-order valence-electron chi connectivity index (χ1n) is 9.20. The van der Waals surface area contributed by atoms with Crippen molar-refractivity contribution in [3.63, 3.8) is 0 Å². The molecule has 0 aromatic carbocycles. The summed E-state index contributed by atoms with van der Waals surface area (Å²) in [6.45, 7) is 5.67. The quantitative estimate of drug-likeness (QED) is 0.755. The van der Waals surface area contributed by atoms with Crippen LogP contribution in [0.15, 0.2) is 24.4 Å². The minimum absolute atomic E-state index is 0.0598. The number of carbonyl (C=O) groups is 1. The van der Waals surface area contributed by atoms with Crippen LogP contribution in [-0.4, -0.2) is 60.9 Å². The summed E-state index contributed by atoms with van der Waals surface area (Å²) in [4.78, 5) is 18.5. The molecular weight excluding hydrogens is 320 g/mol. The normalized spacial score (nSPS) is 26.3. The van der Waals surface area contributed by atoms with Crippen molar-refractivity contribution >= 4 is 5.91 Å². The minimum Gasteiger partial charge on any atom is -0.375 e. The molecule has 2 aliphatic rings. The lowest BCUT2D eigenvalue weighted by Gasteiger charge is -2.44. The molecule has 25 heavy (non-hydrogen) atoms. The van der Waals surface area contributed by atoms with E-state index in [1.165, 1.54) is 0 Å². The molecule has 1 aromatic heterocycles. The molecule has 6 heteroatoms. The monoisotopic (exact) mass is 348 g/mol. The van der Waals surface area contributed by atoms with Gasteiger partial charge in [0.2, 0.25) is 5.91 Å². The number of hydrogen-bond acceptors (Lipinski definition) is 5. The van der Waals surface area contributed by atoms with Crippen molar-refractivity contribution in [2.45, 2.75) is 38.4 Å². The van der Waals surface area contributed by atoms with Gasteiger partial charge in [0.25, 0.3) is 0 Å². The summed E-state index contributed by atoms with van der Waals surface area (Å²) in [5.41, 5.74) is 0.678. The molecule has 2 atom stereocenters. The molecule has 1 saturated heterocycles. The van der Waals surface area contributed by atoms with Crippen molar-refractivity contribution in [1.82, 2.24) is 9.88 Å². The van der Waals surface area contributed by atoms with Crippen LogP contribution in [0.2, 0.25) is 0 Å². The largest absolute Gasteiger partial charge is 0.375 e. The van der Waals surface area contributed by atoms with Gasteiger partial charge in [0.1, 0.15) is 6.61 Å². The molecule has 0 unspecified atom stereocenters. The van der Waals surface area contributed by atoms with Gasteiger partial charge in [-0.05, 0) is 31.9 Å². The second-order valence-corrected chi connectivity index (χ2v) is 6.79. The predicted molar refractivity (Wildman–Crippen MR) is 93.0 cm³/mol. The van der Waals surface area contributed by atoms with E-state index in [9.17, 15) is 4.79 Å². The molecule has 138 valence electrons. The third kappa shape index (κ3) is 4.57. The van der Waals surface area contributed by atoms with E-state index in [0.717, 1.165) is 25.0 Å². The van der Waals surface area contributed by atoms with Gasteiger partial charge in [-0.25, -0.2) is 0 Å². The molecule has 1 aliphatic carbocycles. The maximum Gasteiger partial charge on any atom is 0.248 e. The Labute approximate surface area is 149 Å². The lowest BCUT2D eigenvalue weighted by atomic mass is 9.89. The van der Waals surface area contributed by atoms with Crippen molar-refractivity contribution in [1.29, 1.82) is 0 Å². The highest BCUT2D eigenvalue weighted by Gasteiger charge is 2.47. The summed E-state index contributed by atoms with van der Waals surface area (Å²) < 4.78 is 17.4. The summed E-state index contributed by atoms with van der Waals surface area (Å²) in [5, 5.41) is 0. The van der Waals surface area contributed by atoms with Gasteiger partial charge in [0.15, 0.2) is 0 Å². The van der Waals surface area contributed by atoms with Gasteiger partial charge in [0.05, 0.1) is 37.7 Å². The van der Waals surface area contributed by atoms with Crippen LogP contribution in [0.25, 0.3) is 0 Å². The second-order valence-electron chi connectivity index (χ2n) is 6.79. The fourth-order valence-electron chi connectivity index (χ4n) is 3.84. The fourth-order valence-corrected chi connectivity index (χ4v) is 3.84. The summed E-state index contributed by atoms with van der Waals surface area (Å²) in [6.07, 6.45) is 4.96. The predicted octanol–water partition coefficient (Wildman–Crippen LogP) is 2.03. The lowest BCUT2D eigenvalue weighted by molar-refractivity contribution is -0.165. The van der Waals surface area contributed by atoms with Crippen LogP contribution in [0, 0.1) is 5.92 Å². The molecule has 1 spiro atoms. The summed E-state index contributed by atoms with van der Waals surface area (Å²) in [7, 11) is 0. The number of ether oxygens (including phenoxy) is 3. The molecule has 1 aromatic rings. The molecule has 2 heterocycles. The van der Waals surface area contributed by atoms with Crippen LogP contribution < -0.4 is 0 Å². The highest BCUT2D eigenvalue weighted by atomic mass is 16.5. The number of amides is 1. The third-order valence-electron chi connectivity index (χ3n) is 5.18. The van der Waals surface area contributed by atoms with Crippen LogP contribution in [0.1, 0.15) is 31.9 Å². The van der Waals surface area contributed by atoms with E-state index in [0.29, 0.717) is 45.4 Å². The fraction of sp³-hybridized carbons (Fsp3) is 0.684. The van der Waals surface area contributed by atoms with Crippen LogP contribution in [0.4, 0.5) is 0 Å². The Kier molecular flexibility index (Phi) is 6.39. The molecule has 1 saturated carbocycles. The van der Waals surface area contributed by atoms with Gasteiger partial charge in [-0.3, -0.25) is 9.78 Å². The van der Waals surface area contributed by atoms with Gasteiger partial charge in [-0.1, -0.05) is 12.5 Å². The van der Waals surface area contributed by atoms with E-state index >= 15 is 0 Å². The van der Waals surface area contributed by atoms with Gasteiger partial charge >= 0.3 is 0 Å². The summed E-state index contributed by atoms with van der Waals surface area (Å²) >= 11 is 0. The Bertz CT molecular complexity index is 554. The lowest BCUT2D eigenvalue weighted by Crippen LogP contribution is -2.56. The van der Waals surface area contributed by atoms with Crippen LogP contribution in [0.5, 0.6) is 0 Å². The Morgan fingerprint density at radius 2 is 2.36 bits per heavy atom. The molecule has 1 amide bonds.